The molecular formula is C16H22Cl2N2O2. The van der Waals surface area contributed by atoms with Gasteiger partial charge in [-0.25, -0.2) is 0 Å². The summed E-state index contributed by atoms with van der Waals surface area (Å²) >= 11 is 6.03. The zero-order chi connectivity index (χ0) is 14.8. The molecule has 1 unspecified atom stereocenters. The number of halogens is 2. The predicted molar refractivity (Wildman–Crippen MR) is 90.1 cm³/mol. The van der Waals surface area contributed by atoms with Gasteiger partial charge in [0.05, 0.1) is 5.92 Å². The van der Waals surface area contributed by atoms with Gasteiger partial charge in [-0.3, -0.25) is 4.79 Å². The molecule has 0 saturated carbocycles. The second kappa shape index (κ2) is 7.53. The molecule has 22 heavy (non-hydrogen) atoms. The van der Waals surface area contributed by atoms with Crippen molar-refractivity contribution in [1.29, 1.82) is 0 Å². The quantitative estimate of drug-likeness (QED) is 0.896. The number of hydrogen-bond acceptors (Lipinski definition) is 3. The molecule has 3 rings (SSSR count). The first-order chi connectivity index (χ1) is 10.1. The van der Waals surface area contributed by atoms with Gasteiger partial charge in [-0.1, -0.05) is 11.6 Å². The van der Waals surface area contributed by atoms with Crippen molar-refractivity contribution in [3.05, 3.63) is 28.8 Å². The SMILES string of the molecule is CN(C(=O)C1COc2ccc(Cl)cc2C1)C1CCNCC1.Cl. The summed E-state index contributed by atoms with van der Waals surface area (Å²) in [6.45, 7) is 2.44. The van der Waals surface area contributed by atoms with Gasteiger partial charge in [0, 0.05) is 18.1 Å². The van der Waals surface area contributed by atoms with Crippen LogP contribution in [0.2, 0.25) is 5.02 Å². The average molecular weight is 345 g/mol. The van der Waals surface area contributed by atoms with Crippen LogP contribution in [0.5, 0.6) is 5.75 Å². The highest BCUT2D eigenvalue weighted by Gasteiger charge is 2.31. The van der Waals surface area contributed by atoms with E-state index in [0.29, 0.717) is 24.1 Å². The molecule has 1 N–H and O–H groups in total. The highest BCUT2D eigenvalue weighted by Crippen LogP contribution is 2.30. The van der Waals surface area contributed by atoms with Gasteiger partial charge in [0.25, 0.3) is 0 Å². The van der Waals surface area contributed by atoms with Gasteiger partial charge in [0.1, 0.15) is 12.4 Å². The Balaban J connectivity index is 0.00000176. The number of nitrogens with one attached hydrogen (secondary N) is 1. The van der Waals surface area contributed by atoms with Crippen LogP contribution >= 0.6 is 24.0 Å². The Labute approximate surface area is 142 Å². The van der Waals surface area contributed by atoms with Gasteiger partial charge in [0.15, 0.2) is 0 Å². The number of piperidine rings is 1. The maximum absolute atomic E-state index is 12.7. The Kier molecular flexibility index (Phi) is 5.95. The molecule has 1 atom stereocenters. The van der Waals surface area contributed by atoms with E-state index in [1.165, 1.54) is 0 Å². The molecule has 1 aromatic rings. The largest absolute Gasteiger partial charge is 0.492 e. The summed E-state index contributed by atoms with van der Waals surface area (Å²) in [6, 6.07) is 5.96. The molecule has 2 heterocycles. The third kappa shape index (κ3) is 3.67. The number of hydrogen-bond donors (Lipinski definition) is 1. The van der Waals surface area contributed by atoms with E-state index in [2.05, 4.69) is 5.32 Å². The first-order valence-corrected chi connectivity index (χ1v) is 7.91. The Morgan fingerprint density at radius 1 is 1.36 bits per heavy atom. The summed E-state index contributed by atoms with van der Waals surface area (Å²) in [5.74, 6) is 0.941. The van der Waals surface area contributed by atoms with Crippen molar-refractivity contribution in [1.82, 2.24) is 10.2 Å². The van der Waals surface area contributed by atoms with Crippen LogP contribution < -0.4 is 10.1 Å². The van der Waals surface area contributed by atoms with Crippen LogP contribution in [0.25, 0.3) is 0 Å². The van der Waals surface area contributed by atoms with E-state index in [4.69, 9.17) is 16.3 Å². The molecule has 1 aromatic carbocycles. The fraction of sp³-hybridized carbons (Fsp3) is 0.562. The number of benzene rings is 1. The van der Waals surface area contributed by atoms with E-state index >= 15 is 0 Å². The summed E-state index contributed by atoms with van der Waals surface area (Å²) in [4.78, 5) is 14.6. The summed E-state index contributed by atoms with van der Waals surface area (Å²) in [6.07, 6.45) is 2.76. The van der Waals surface area contributed by atoms with E-state index < -0.39 is 0 Å². The highest BCUT2D eigenvalue weighted by atomic mass is 35.5. The lowest BCUT2D eigenvalue weighted by molar-refractivity contribution is -0.138. The van der Waals surface area contributed by atoms with E-state index in [1.807, 2.05) is 30.1 Å². The molecule has 122 valence electrons. The van der Waals surface area contributed by atoms with E-state index in [9.17, 15) is 4.79 Å². The molecule has 0 spiro atoms. The summed E-state index contributed by atoms with van der Waals surface area (Å²) in [5.41, 5.74) is 1.03. The monoisotopic (exact) mass is 344 g/mol. The fourth-order valence-corrected chi connectivity index (χ4v) is 3.38. The molecule has 2 aliphatic heterocycles. The normalized spacial score (nSPS) is 21.3. The smallest absolute Gasteiger partial charge is 0.229 e. The number of ether oxygens (including phenoxy) is 1. The summed E-state index contributed by atoms with van der Waals surface area (Å²) in [5, 5.41) is 4.02. The van der Waals surface area contributed by atoms with Crippen LogP contribution in [0.1, 0.15) is 18.4 Å². The highest BCUT2D eigenvalue weighted by molar-refractivity contribution is 6.30. The number of carbonyl (C=O) groups excluding carboxylic acids is 1. The van der Waals surface area contributed by atoms with Gasteiger partial charge in [-0.15, -0.1) is 12.4 Å². The minimum absolute atomic E-state index is 0. The van der Waals surface area contributed by atoms with Crippen molar-refractivity contribution in [2.45, 2.75) is 25.3 Å². The number of rotatable bonds is 2. The van der Waals surface area contributed by atoms with Crippen molar-refractivity contribution in [2.75, 3.05) is 26.7 Å². The second-order valence-electron chi connectivity index (χ2n) is 5.89. The van der Waals surface area contributed by atoms with Crippen LogP contribution in [-0.2, 0) is 11.2 Å². The van der Waals surface area contributed by atoms with E-state index in [1.54, 1.807) is 0 Å². The molecule has 1 amide bonds. The van der Waals surface area contributed by atoms with Crippen molar-refractivity contribution in [3.63, 3.8) is 0 Å². The van der Waals surface area contributed by atoms with Crippen molar-refractivity contribution in [3.8, 4) is 5.75 Å². The Morgan fingerprint density at radius 2 is 2.09 bits per heavy atom. The minimum atomic E-state index is -0.101. The third-order valence-electron chi connectivity index (χ3n) is 4.48. The maximum Gasteiger partial charge on any atom is 0.229 e. The molecule has 0 aliphatic carbocycles. The van der Waals surface area contributed by atoms with Crippen LogP contribution in [0.15, 0.2) is 18.2 Å². The van der Waals surface area contributed by atoms with Crippen molar-refractivity contribution >= 4 is 29.9 Å². The lowest BCUT2D eigenvalue weighted by Gasteiger charge is -2.35. The van der Waals surface area contributed by atoms with Crippen molar-refractivity contribution < 1.29 is 9.53 Å². The van der Waals surface area contributed by atoms with Gasteiger partial charge < -0.3 is 15.0 Å². The Bertz CT molecular complexity index is 533. The molecule has 0 radical (unpaired) electrons. The number of nitrogens with zero attached hydrogens (tertiary/aromatic N) is 1. The van der Waals surface area contributed by atoms with Gasteiger partial charge in [0.2, 0.25) is 5.91 Å². The molecule has 0 aromatic heterocycles. The van der Waals surface area contributed by atoms with E-state index in [0.717, 1.165) is 37.2 Å². The maximum atomic E-state index is 12.7. The standard InChI is InChI=1S/C16H21ClN2O2.ClH/c1-19(14-4-6-18-7-5-14)16(20)12-8-11-9-13(17)2-3-15(11)21-10-12;/h2-3,9,12,14,18H,4-8,10H2,1H3;1H. The fourth-order valence-electron chi connectivity index (χ4n) is 3.18. The molecule has 6 heteroatoms. The summed E-state index contributed by atoms with van der Waals surface area (Å²) in [7, 11) is 1.92. The molecule has 2 aliphatic rings. The zero-order valence-electron chi connectivity index (χ0n) is 12.7. The van der Waals surface area contributed by atoms with Gasteiger partial charge in [-0.2, -0.15) is 0 Å². The Hall–Kier alpha value is -0.970. The molecule has 0 bridgehead atoms. The van der Waals surface area contributed by atoms with Gasteiger partial charge in [-0.05, 0) is 56.1 Å². The number of carbonyl (C=O) groups is 1. The molecule has 1 saturated heterocycles. The number of amides is 1. The van der Waals surface area contributed by atoms with Crippen molar-refractivity contribution in [2.24, 2.45) is 5.92 Å². The second-order valence-corrected chi connectivity index (χ2v) is 6.33. The lowest BCUT2D eigenvalue weighted by Crippen LogP contribution is -2.47. The lowest BCUT2D eigenvalue weighted by atomic mass is 9.94. The number of fused-ring (bicyclic) bond motifs is 1. The topological polar surface area (TPSA) is 41.6 Å². The van der Waals surface area contributed by atoms with E-state index in [-0.39, 0.29) is 24.2 Å². The average Bonchev–Trinajstić information content (AvgIpc) is 2.53. The van der Waals surface area contributed by atoms with Gasteiger partial charge >= 0.3 is 0 Å². The predicted octanol–water partition coefficient (Wildman–Crippen LogP) is 2.52. The van der Waals surface area contributed by atoms with Crippen LogP contribution in [-0.4, -0.2) is 43.6 Å². The van der Waals surface area contributed by atoms with Crippen LogP contribution in [0.4, 0.5) is 0 Å². The first kappa shape index (κ1) is 17.4. The third-order valence-corrected chi connectivity index (χ3v) is 4.72. The van der Waals surface area contributed by atoms with Crippen LogP contribution in [0, 0.1) is 5.92 Å². The Morgan fingerprint density at radius 3 is 2.82 bits per heavy atom. The molecule has 1 fully saturated rings. The zero-order valence-corrected chi connectivity index (χ0v) is 14.3. The molecule has 4 nitrogen and oxygen atoms in total. The summed E-state index contributed by atoms with van der Waals surface area (Å²) < 4.78 is 5.73. The first-order valence-electron chi connectivity index (χ1n) is 7.54. The minimum Gasteiger partial charge on any atom is -0.492 e. The van der Waals surface area contributed by atoms with Crippen LogP contribution in [0.3, 0.4) is 0 Å². The molecular weight excluding hydrogens is 323 g/mol.